The van der Waals surface area contributed by atoms with Gasteiger partial charge in [0.1, 0.15) is 0 Å². The van der Waals surface area contributed by atoms with Crippen LogP contribution in [0.5, 0.6) is 0 Å². The van der Waals surface area contributed by atoms with Crippen molar-refractivity contribution in [1.82, 2.24) is 0 Å². The number of hydrogen-bond acceptors (Lipinski definition) is 3. The first-order chi connectivity index (χ1) is 9.79. The van der Waals surface area contributed by atoms with E-state index < -0.39 is 15.9 Å². The Labute approximate surface area is 130 Å². The molecule has 5 heteroatoms. The first-order valence-corrected chi connectivity index (χ1v) is 8.56. The Morgan fingerprint density at radius 2 is 1.71 bits per heavy atom. The Balaban J connectivity index is 2.25. The van der Waals surface area contributed by atoms with Crippen molar-refractivity contribution in [3.05, 3.63) is 64.2 Å². The molecule has 0 fully saturated rings. The molecule has 2 rings (SSSR count). The van der Waals surface area contributed by atoms with Gasteiger partial charge in [-0.3, -0.25) is 0 Å². The van der Waals surface area contributed by atoms with E-state index >= 15 is 0 Å². The van der Waals surface area contributed by atoms with Gasteiger partial charge >= 0.3 is 0 Å². The zero-order valence-corrected chi connectivity index (χ0v) is 13.4. The molecule has 0 amide bonds. The molecule has 2 aromatic carbocycles. The quantitative estimate of drug-likeness (QED) is 0.937. The number of halogens is 1. The normalized spacial score (nSPS) is 13.1. The Kier molecular flexibility index (Phi) is 4.71. The Hall–Kier alpha value is -1.36. The molecule has 1 unspecified atom stereocenters. The highest BCUT2D eigenvalue weighted by atomic mass is 35.5. The molecular formula is C16H17ClO3S. The minimum atomic E-state index is -3.56. The Morgan fingerprint density at radius 3 is 2.29 bits per heavy atom. The number of aryl methyl sites for hydroxylation is 2. The topological polar surface area (TPSA) is 54.4 Å². The summed E-state index contributed by atoms with van der Waals surface area (Å²) in [6.07, 6.45) is -1.05. The van der Waals surface area contributed by atoms with Crippen molar-refractivity contribution in [2.24, 2.45) is 0 Å². The summed E-state index contributed by atoms with van der Waals surface area (Å²) in [4.78, 5) is 0.163. The zero-order valence-electron chi connectivity index (χ0n) is 11.9. The molecule has 0 aliphatic rings. The molecule has 1 atom stereocenters. The maximum absolute atomic E-state index is 12.3. The summed E-state index contributed by atoms with van der Waals surface area (Å²) < 4.78 is 24.6. The van der Waals surface area contributed by atoms with Crippen molar-refractivity contribution in [3.63, 3.8) is 0 Å². The summed E-state index contributed by atoms with van der Waals surface area (Å²) >= 11 is 5.75. The molecule has 112 valence electrons. The SMILES string of the molecule is Cc1ccc(C(O)CS(=O)(=O)c2ccc(Cl)cc2)c(C)c1. The number of hydrogen-bond donors (Lipinski definition) is 1. The second kappa shape index (κ2) is 6.18. The molecule has 2 aromatic rings. The van der Waals surface area contributed by atoms with E-state index in [9.17, 15) is 13.5 Å². The molecule has 21 heavy (non-hydrogen) atoms. The molecule has 0 radical (unpaired) electrons. The Morgan fingerprint density at radius 1 is 1.10 bits per heavy atom. The summed E-state index contributed by atoms with van der Waals surface area (Å²) in [7, 11) is -3.56. The molecule has 0 heterocycles. The van der Waals surface area contributed by atoms with Crippen LogP contribution in [0.2, 0.25) is 5.02 Å². The van der Waals surface area contributed by atoms with Crippen molar-refractivity contribution < 1.29 is 13.5 Å². The van der Waals surface area contributed by atoms with Crippen molar-refractivity contribution in [1.29, 1.82) is 0 Å². The maximum atomic E-state index is 12.3. The summed E-state index contributed by atoms with van der Waals surface area (Å²) in [5, 5.41) is 10.7. The molecule has 1 N–H and O–H groups in total. The van der Waals surface area contributed by atoms with Gasteiger partial charge in [-0.25, -0.2) is 8.42 Å². The van der Waals surface area contributed by atoms with E-state index in [1.165, 1.54) is 24.3 Å². The predicted octanol–water partition coefficient (Wildman–Crippen LogP) is 3.46. The van der Waals surface area contributed by atoms with Gasteiger partial charge in [0.15, 0.2) is 9.84 Å². The maximum Gasteiger partial charge on any atom is 0.181 e. The highest BCUT2D eigenvalue weighted by molar-refractivity contribution is 7.91. The lowest BCUT2D eigenvalue weighted by Gasteiger charge is -2.14. The standard InChI is InChI=1S/C16H17ClO3S/c1-11-3-8-15(12(2)9-11)16(18)10-21(19,20)14-6-4-13(17)5-7-14/h3-9,16,18H,10H2,1-2H3. The third-order valence-corrected chi connectivity index (χ3v) is 5.33. The van der Waals surface area contributed by atoms with Gasteiger partial charge in [0.05, 0.1) is 16.8 Å². The van der Waals surface area contributed by atoms with E-state index in [-0.39, 0.29) is 10.6 Å². The highest BCUT2D eigenvalue weighted by Crippen LogP contribution is 2.24. The third-order valence-electron chi connectivity index (χ3n) is 3.33. The van der Waals surface area contributed by atoms with Crippen LogP contribution in [0.4, 0.5) is 0 Å². The number of sulfone groups is 1. The van der Waals surface area contributed by atoms with E-state index in [1.54, 1.807) is 6.07 Å². The van der Waals surface area contributed by atoms with Crippen molar-refractivity contribution in [3.8, 4) is 0 Å². The first kappa shape index (κ1) is 16.0. The van der Waals surface area contributed by atoms with Crippen molar-refractivity contribution in [2.75, 3.05) is 5.75 Å². The van der Waals surface area contributed by atoms with Crippen molar-refractivity contribution in [2.45, 2.75) is 24.8 Å². The molecule has 0 aliphatic heterocycles. The van der Waals surface area contributed by atoms with Gasteiger partial charge in [-0.05, 0) is 49.2 Å². The van der Waals surface area contributed by atoms with Crippen molar-refractivity contribution >= 4 is 21.4 Å². The average Bonchev–Trinajstić information content (AvgIpc) is 2.38. The summed E-state index contributed by atoms with van der Waals surface area (Å²) in [5.74, 6) is -0.349. The monoisotopic (exact) mass is 324 g/mol. The van der Waals surface area contributed by atoms with Crippen LogP contribution in [-0.4, -0.2) is 19.3 Å². The van der Waals surface area contributed by atoms with E-state index in [1.807, 2.05) is 26.0 Å². The van der Waals surface area contributed by atoms with Crippen LogP contribution in [-0.2, 0) is 9.84 Å². The molecule has 0 spiro atoms. The fourth-order valence-electron chi connectivity index (χ4n) is 2.24. The van der Waals surface area contributed by atoms with Gasteiger partial charge in [-0.2, -0.15) is 0 Å². The smallest absolute Gasteiger partial charge is 0.181 e. The van der Waals surface area contributed by atoms with Gasteiger partial charge in [0.25, 0.3) is 0 Å². The van der Waals surface area contributed by atoms with E-state index in [0.717, 1.165) is 11.1 Å². The largest absolute Gasteiger partial charge is 0.387 e. The molecular weight excluding hydrogens is 308 g/mol. The van der Waals surface area contributed by atoms with Gasteiger partial charge in [-0.1, -0.05) is 35.4 Å². The van der Waals surface area contributed by atoms with Crippen LogP contribution in [0.15, 0.2) is 47.4 Å². The lowest BCUT2D eigenvalue weighted by atomic mass is 10.0. The van der Waals surface area contributed by atoms with Crippen LogP contribution < -0.4 is 0 Å². The van der Waals surface area contributed by atoms with Gasteiger partial charge in [0.2, 0.25) is 0 Å². The third kappa shape index (κ3) is 3.84. The Bertz CT molecular complexity index is 737. The van der Waals surface area contributed by atoms with Crippen LogP contribution in [0.1, 0.15) is 22.8 Å². The summed E-state index contributed by atoms with van der Waals surface area (Å²) in [5.41, 5.74) is 2.59. The number of benzene rings is 2. The van der Waals surface area contributed by atoms with E-state index in [4.69, 9.17) is 11.6 Å². The van der Waals surface area contributed by atoms with Gasteiger partial charge in [-0.15, -0.1) is 0 Å². The second-order valence-electron chi connectivity index (χ2n) is 5.11. The molecule has 0 aliphatic carbocycles. The van der Waals surface area contributed by atoms with E-state index in [2.05, 4.69) is 0 Å². The van der Waals surface area contributed by atoms with Crippen LogP contribution in [0, 0.1) is 13.8 Å². The zero-order chi connectivity index (χ0) is 15.6. The lowest BCUT2D eigenvalue weighted by molar-refractivity contribution is 0.201. The first-order valence-electron chi connectivity index (χ1n) is 6.53. The average molecular weight is 325 g/mol. The molecule has 0 aromatic heterocycles. The molecule has 0 saturated heterocycles. The predicted molar refractivity (Wildman–Crippen MR) is 84.4 cm³/mol. The fraction of sp³-hybridized carbons (Fsp3) is 0.250. The van der Waals surface area contributed by atoms with Crippen LogP contribution >= 0.6 is 11.6 Å². The van der Waals surface area contributed by atoms with Crippen LogP contribution in [0.3, 0.4) is 0 Å². The molecule has 0 saturated carbocycles. The molecule has 0 bridgehead atoms. The van der Waals surface area contributed by atoms with E-state index in [0.29, 0.717) is 10.6 Å². The minimum absolute atomic E-state index is 0.163. The van der Waals surface area contributed by atoms with Gasteiger partial charge < -0.3 is 5.11 Å². The molecule has 3 nitrogen and oxygen atoms in total. The second-order valence-corrected chi connectivity index (χ2v) is 7.58. The summed E-state index contributed by atoms with van der Waals surface area (Å²) in [6.45, 7) is 3.81. The fourth-order valence-corrected chi connectivity index (χ4v) is 3.70. The van der Waals surface area contributed by atoms with Crippen LogP contribution in [0.25, 0.3) is 0 Å². The minimum Gasteiger partial charge on any atom is -0.387 e. The lowest BCUT2D eigenvalue weighted by Crippen LogP contribution is -2.15. The number of aliphatic hydroxyl groups excluding tert-OH is 1. The van der Waals surface area contributed by atoms with Gasteiger partial charge in [0, 0.05) is 5.02 Å². The summed E-state index contributed by atoms with van der Waals surface area (Å²) in [6, 6.07) is 11.5. The number of aliphatic hydroxyl groups is 1. The number of rotatable bonds is 4. The highest BCUT2D eigenvalue weighted by Gasteiger charge is 2.22.